The monoisotopic (exact) mass is 416 g/mol. The molecule has 2 aromatic carbocycles. The summed E-state index contributed by atoms with van der Waals surface area (Å²) in [5, 5.41) is 0.172. The number of rotatable bonds is 9. The van der Waals surface area contributed by atoms with E-state index in [1.54, 1.807) is 6.92 Å². The summed E-state index contributed by atoms with van der Waals surface area (Å²) < 4.78 is 51.0. The molecular weight excluding hydrogens is 397 g/mol. The van der Waals surface area contributed by atoms with E-state index >= 15 is 0 Å². The van der Waals surface area contributed by atoms with E-state index in [1.165, 1.54) is 12.1 Å². The van der Waals surface area contributed by atoms with Gasteiger partial charge in [-0.3, -0.25) is 15.6 Å². The van der Waals surface area contributed by atoms with Crippen LogP contribution in [0.3, 0.4) is 0 Å². The second kappa shape index (κ2) is 10.1. The molecule has 0 bridgehead atoms. The Hall–Kier alpha value is -2.61. The molecule has 2 aromatic rings. The number of amides is 1. The highest BCUT2D eigenvalue weighted by atomic mass is 35.5. The zero-order valence-corrected chi connectivity index (χ0v) is 16.1. The van der Waals surface area contributed by atoms with Crippen molar-refractivity contribution in [1.82, 2.24) is 5.43 Å². The van der Waals surface area contributed by atoms with E-state index in [9.17, 15) is 18.0 Å². The van der Waals surface area contributed by atoms with Crippen molar-refractivity contribution in [3.63, 3.8) is 0 Å². The lowest BCUT2D eigenvalue weighted by atomic mass is 10.2. The maximum Gasteiger partial charge on any atom is 0.269 e. The molecule has 2 N–H and O–H groups in total. The molecule has 0 fully saturated rings. The molecule has 0 spiro atoms. The van der Waals surface area contributed by atoms with Gasteiger partial charge < -0.3 is 9.47 Å². The molecule has 1 amide bonds. The Balaban J connectivity index is 2.17. The average molecular weight is 417 g/mol. The molecule has 0 saturated heterocycles. The average Bonchev–Trinajstić information content (AvgIpc) is 2.67. The molecule has 2 rings (SSSR count). The Morgan fingerprint density at radius 1 is 1.11 bits per heavy atom. The van der Waals surface area contributed by atoms with Crippen LogP contribution in [0.1, 0.15) is 37.0 Å². The number of carbonyl (C=O) groups is 1. The van der Waals surface area contributed by atoms with Crippen LogP contribution in [0.5, 0.6) is 11.5 Å². The molecule has 0 aliphatic heterocycles. The van der Waals surface area contributed by atoms with Crippen molar-refractivity contribution in [2.45, 2.75) is 26.7 Å². The van der Waals surface area contributed by atoms with Crippen molar-refractivity contribution in [3.8, 4) is 11.5 Å². The summed E-state index contributed by atoms with van der Waals surface area (Å²) in [6, 6.07) is 4.48. The number of ether oxygens (including phenoxy) is 2. The summed E-state index contributed by atoms with van der Waals surface area (Å²) in [6.45, 7) is 4.55. The summed E-state index contributed by atoms with van der Waals surface area (Å²) in [5.74, 6) is -4.50. The maximum atomic E-state index is 13.7. The van der Waals surface area contributed by atoms with Gasteiger partial charge >= 0.3 is 0 Å². The summed E-state index contributed by atoms with van der Waals surface area (Å²) >= 11 is 6.22. The van der Waals surface area contributed by atoms with E-state index < -0.39 is 29.0 Å². The topological polar surface area (TPSA) is 59.6 Å². The van der Waals surface area contributed by atoms with E-state index in [2.05, 4.69) is 10.9 Å². The first kappa shape index (κ1) is 21.7. The van der Waals surface area contributed by atoms with Gasteiger partial charge in [0.15, 0.2) is 29.0 Å². The summed E-state index contributed by atoms with van der Waals surface area (Å²) in [6.07, 6.45) is 1.77. The van der Waals surface area contributed by atoms with Crippen molar-refractivity contribution in [3.05, 3.63) is 52.3 Å². The van der Waals surface area contributed by atoms with Crippen LogP contribution in [-0.4, -0.2) is 19.1 Å². The molecule has 5 nitrogen and oxygen atoms in total. The fourth-order valence-electron chi connectivity index (χ4n) is 2.24. The Bertz CT molecular complexity index is 850. The number of carbonyl (C=O) groups excluding carboxylic acids is 1. The summed E-state index contributed by atoms with van der Waals surface area (Å²) in [5.41, 5.74) is 4.08. The minimum Gasteiger partial charge on any atom is -0.490 e. The Morgan fingerprint density at radius 2 is 1.86 bits per heavy atom. The van der Waals surface area contributed by atoms with Crippen LogP contribution in [0, 0.1) is 17.5 Å². The molecule has 0 aliphatic rings. The highest BCUT2D eigenvalue weighted by Gasteiger charge is 2.18. The number of hydrogen-bond acceptors (Lipinski definition) is 4. The molecular formula is C19H20ClF3N2O3. The molecule has 0 saturated carbocycles. The molecule has 0 radical (unpaired) electrons. The lowest BCUT2D eigenvalue weighted by Gasteiger charge is -2.15. The van der Waals surface area contributed by atoms with Crippen LogP contribution in [0.15, 0.2) is 24.3 Å². The molecule has 0 aromatic heterocycles. The third-order valence-corrected chi connectivity index (χ3v) is 3.94. The predicted octanol–water partition coefficient (Wildman–Crippen LogP) is 5.09. The summed E-state index contributed by atoms with van der Waals surface area (Å²) in [7, 11) is 0. The number of hydrazine groups is 1. The van der Waals surface area contributed by atoms with Crippen LogP contribution in [-0.2, 0) is 0 Å². The summed E-state index contributed by atoms with van der Waals surface area (Å²) in [4.78, 5) is 12.3. The quantitative estimate of drug-likeness (QED) is 0.339. The fraction of sp³-hybridized carbons (Fsp3) is 0.316. The van der Waals surface area contributed by atoms with Crippen LogP contribution in [0.25, 0.3) is 0 Å². The van der Waals surface area contributed by atoms with E-state index in [0.29, 0.717) is 19.0 Å². The van der Waals surface area contributed by atoms with Gasteiger partial charge in [-0.2, -0.15) is 0 Å². The zero-order valence-electron chi connectivity index (χ0n) is 15.4. The third-order valence-electron chi connectivity index (χ3n) is 3.66. The van der Waals surface area contributed by atoms with Gasteiger partial charge in [0, 0.05) is 5.56 Å². The van der Waals surface area contributed by atoms with Crippen molar-refractivity contribution in [2.24, 2.45) is 0 Å². The van der Waals surface area contributed by atoms with Crippen LogP contribution in [0.4, 0.5) is 18.9 Å². The van der Waals surface area contributed by atoms with E-state index in [1.807, 2.05) is 6.92 Å². The molecule has 0 heterocycles. The Labute approximate surface area is 165 Å². The lowest BCUT2D eigenvalue weighted by Crippen LogP contribution is -2.30. The van der Waals surface area contributed by atoms with Gasteiger partial charge in [0.25, 0.3) is 5.91 Å². The minimum atomic E-state index is -1.64. The maximum absolute atomic E-state index is 13.7. The van der Waals surface area contributed by atoms with Crippen molar-refractivity contribution in [2.75, 3.05) is 18.6 Å². The minimum absolute atomic E-state index is 0.104. The van der Waals surface area contributed by atoms with E-state index in [4.69, 9.17) is 21.1 Å². The van der Waals surface area contributed by atoms with Crippen LogP contribution in [0.2, 0.25) is 5.02 Å². The zero-order chi connectivity index (χ0) is 20.7. The van der Waals surface area contributed by atoms with Crippen LogP contribution < -0.4 is 20.3 Å². The number of halogens is 4. The number of hydrogen-bond donors (Lipinski definition) is 2. The van der Waals surface area contributed by atoms with Gasteiger partial charge in [-0.1, -0.05) is 24.9 Å². The first-order valence-electron chi connectivity index (χ1n) is 8.68. The Kier molecular flexibility index (Phi) is 7.80. The predicted molar refractivity (Wildman–Crippen MR) is 100 cm³/mol. The number of anilines is 1. The standard InChI is InChI=1S/C19H20ClF3N2O3/c1-3-5-8-28-18-12(20)9-11(10-15(18)27-4-2)19(26)25-24-14-7-6-13(21)16(22)17(14)23/h6-7,9-10,24H,3-5,8H2,1-2H3,(H,25,26). The SMILES string of the molecule is CCCCOc1c(Cl)cc(C(=O)NNc2ccc(F)c(F)c2F)cc1OCC. The van der Waals surface area contributed by atoms with Gasteiger partial charge in [0.05, 0.1) is 23.9 Å². The van der Waals surface area contributed by atoms with Gasteiger partial charge in [0.1, 0.15) is 0 Å². The van der Waals surface area contributed by atoms with Gasteiger partial charge in [0.2, 0.25) is 0 Å². The first-order chi connectivity index (χ1) is 13.4. The van der Waals surface area contributed by atoms with Gasteiger partial charge in [-0.05, 0) is 37.6 Å². The molecule has 0 aliphatic carbocycles. The normalized spacial score (nSPS) is 10.5. The first-order valence-corrected chi connectivity index (χ1v) is 9.05. The van der Waals surface area contributed by atoms with Crippen molar-refractivity contribution < 1.29 is 27.4 Å². The van der Waals surface area contributed by atoms with Crippen molar-refractivity contribution in [1.29, 1.82) is 0 Å². The molecule has 152 valence electrons. The highest BCUT2D eigenvalue weighted by Crippen LogP contribution is 2.37. The van der Waals surface area contributed by atoms with Crippen molar-refractivity contribution >= 4 is 23.2 Å². The second-order valence-corrected chi connectivity index (χ2v) is 6.13. The molecule has 28 heavy (non-hydrogen) atoms. The number of benzene rings is 2. The smallest absolute Gasteiger partial charge is 0.269 e. The molecule has 9 heteroatoms. The molecule has 0 atom stereocenters. The molecule has 0 unspecified atom stereocenters. The lowest BCUT2D eigenvalue weighted by molar-refractivity contribution is 0.0962. The third kappa shape index (κ3) is 5.22. The second-order valence-electron chi connectivity index (χ2n) is 5.72. The van der Waals surface area contributed by atoms with E-state index in [-0.39, 0.29) is 16.3 Å². The van der Waals surface area contributed by atoms with Gasteiger partial charge in [-0.15, -0.1) is 0 Å². The number of nitrogens with one attached hydrogen (secondary N) is 2. The Morgan fingerprint density at radius 3 is 2.54 bits per heavy atom. The fourth-order valence-corrected chi connectivity index (χ4v) is 2.50. The van der Waals surface area contributed by atoms with Gasteiger partial charge in [-0.25, -0.2) is 13.2 Å². The largest absolute Gasteiger partial charge is 0.490 e. The van der Waals surface area contributed by atoms with E-state index in [0.717, 1.165) is 25.0 Å². The number of unbranched alkanes of at least 4 members (excludes halogenated alkanes) is 1. The van der Waals surface area contributed by atoms with Crippen LogP contribution >= 0.6 is 11.6 Å². The highest BCUT2D eigenvalue weighted by molar-refractivity contribution is 6.32.